The van der Waals surface area contributed by atoms with E-state index in [1.54, 1.807) is 6.07 Å². The van der Waals surface area contributed by atoms with Gasteiger partial charge in [0.25, 0.3) is 5.91 Å². The van der Waals surface area contributed by atoms with E-state index in [2.05, 4.69) is 10.5 Å². The highest BCUT2D eigenvalue weighted by molar-refractivity contribution is 6.14. The lowest BCUT2D eigenvalue weighted by molar-refractivity contribution is -0.137. The number of carbonyl (C=O) groups is 4. The Bertz CT molecular complexity index is 1880. The highest BCUT2D eigenvalue weighted by Crippen LogP contribution is 2.44. The number of nitrogens with zero attached hydrogens (tertiary/aromatic N) is 4. The van der Waals surface area contributed by atoms with Gasteiger partial charge in [-0.3, -0.25) is 14.5 Å². The molecule has 0 spiro atoms. The molecule has 0 aliphatic rings. The summed E-state index contributed by atoms with van der Waals surface area (Å²) in [5.74, 6) is -2.91. The number of aromatic carboxylic acids is 1. The summed E-state index contributed by atoms with van der Waals surface area (Å²) in [6, 6.07) is 10.9. The van der Waals surface area contributed by atoms with Gasteiger partial charge in [0.2, 0.25) is 5.91 Å². The topological polar surface area (TPSA) is 166 Å². The lowest BCUT2D eigenvalue weighted by Gasteiger charge is -2.23. The van der Waals surface area contributed by atoms with Gasteiger partial charge in [0.1, 0.15) is 0 Å². The van der Waals surface area contributed by atoms with Crippen molar-refractivity contribution in [1.29, 1.82) is 5.26 Å². The number of carboxylic acid groups (broad SMARTS) is 1. The zero-order chi connectivity index (χ0) is 32.5. The molecule has 0 atom stereocenters. The van der Waals surface area contributed by atoms with E-state index < -0.39 is 52.4 Å². The van der Waals surface area contributed by atoms with Crippen LogP contribution in [0.3, 0.4) is 0 Å². The average Bonchev–Trinajstić information content (AvgIpc) is 3.41. The van der Waals surface area contributed by atoms with Crippen molar-refractivity contribution < 1.29 is 46.7 Å². The summed E-state index contributed by atoms with van der Waals surface area (Å²) in [4.78, 5) is 51.2. The summed E-state index contributed by atoms with van der Waals surface area (Å²) >= 11 is 0. The number of alkyl halides is 3. The molecule has 0 radical (unpaired) electrons. The molecule has 0 fully saturated rings. The monoisotopic (exact) mass is 609 g/mol. The molecule has 4 rings (SSSR count). The average molecular weight is 610 g/mol. The number of nitriles is 1. The van der Waals surface area contributed by atoms with Crippen molar-refractivity contribution in [2.45, 2.75) is 13.1 Å². The molecule has 0 unspecified atom stereocenters. The summed E-state index contributed by atoms with van der Waals surface area (Å²) in [5.41, 5.74) is -2.89. The van der Waals surface area contributed by atoms with Crippen LogP contribution in [-0.2, 0) is 15.7 Å². The molecule has 3 amide bonds. The van der Waals surface area contributed by atoms with Gasteiger partial charge >= 0.3 is 18.2 Å². The van der Waals surface area contributed by atoms with E-state index in [1.807, 2.05) is 0 Å². The minimum Gasteiger partial charge on any atom is -0.478 e. The number of hydrogen-bond donors (Lipinski definition) is 2. The zero-order valence-corrected chi connectivity index (χ0v) is 23.4. The maximum Gasteiger partial charge on any atom is 0.417 e. The smallest absolute Gasteiger partial charge is 0.417 e. The van der Waals surface area contributed by atoms with Crippen LogP contribution in [0.15, 0.2) is 53.1 Å². The molecule has 3 aromatic carbocycles. The van der Waals surface area contributed by atoms with Crippen LogP contribution >= 0.6 is 0 Å². The molecule has 0 aliphatic heterocycles. The number of hydrogen-bond acceptors (Lipinski definition) is 8. The van der Waals surface area contributed by atoms with Crippen LogP contribution in [-0.4, -0.2) is 55.3 Å². The van der Waals surface area contributed by atoms with Crippen LogP contribution < -0.4 is 15.1 Å². The van der Waals surface area contributed by atoms with Gasteiger partial charge in [-0.25, -0.2) is 9.59 Å². The molecule has 0 bridgehead atoms. The van der Waals surface area contributed by atoms with Gasteiger partial charge in [0, 0.05) is 38.3 Å². The molecule has 226 valence electrons. The number of amides is 3. The molecule has 4 aromatic rings. The Morgan fingerprint density at radius 1 is 1.02 bits per heavy atom. The predicted octanol–water partition coefficient (Wildman–Crippen LogP) is 5.52. The number of halogens is 3. The van der Waals surface area contributed by atoms with Crippen molar-refractivity contribution in [3.8, 4) is 17.2 Å². The first-order valence-electron chi connectivity index (χ1n) is 12.5. The van der Waals surface area contributed by atoms with Crippen molar-refractivity contribution in [1.82, 2.24) is 5.16 Å². The third-order valence-corrected chi connectivity index (χ3v) is 6.70. The Morgan fingerprint density at radius 3 is 2.32 bits per heavy atom. The van der Waals surface area contributed by atoms with Gasteiger partial charge in [-0.1, -0.05) is 11.2 Å². The maximum absolute atomic E-state index is 14.4. The minimum atomic E-state index is -4.92. The third-order valence-electron chi connectivity index (χ3n) is 6.70. The zero-order valence-electron chi connectivity index (χ0n) is 23.4. The van der Waals surface area contributed by atoms with E-state index in [9.17, 15) is 37.5 Å². The van der Waals surface area contributed by atoms with E-state index in [0.717, 1.165) is 35.1 Å². The van der Waals surface area contributed by atoms with Crippen LogP contribution in [0.5, 0.6) is 0 Å². The molecule has 1 aromatic heterocycles. The van der Waals surface area contributed by atoms with Gasteiger partial charge in [-0.2, -0.15) is 18.4 Å². The number of methoxy groups -OCH3 is 1. The molecule has 12 nitrogen and oxygen atoms in total. The van der Waals surface area contributed by atoms with Crippen LogP contribution in [0.4, 0.5) is 35.0 Å². The van der Waals surface area contributed by atoms with Gasteiger partial charge in [-0.05, 0) is 42.0 Å². The molecule has 44 heavy (non-hydrogen) atoms. The Balaban J connectivity index is 1.94. The van der Waals surface area contributed by atoms with Gasteiger partial charge < -0.3 is 24.6 Å². The van der Waals surface area contributed by atoms with Crippen LogP contribution in [0, 0.1) is 11.3 Å². The number of carboxylic acids is 1. The summed E-state index contributed by atoms with van der Waals surface area (Å²) in [5, 5.41) is 24.7. The van der Waals surface area contributed by atoms with Crippen molar-refractivity contribution in [2.75, 3.05) is 36.3 Å². The van der Waals surface area contributed by atoms with Gasteiger partial charge in [-0.15, -0.1) is 0 Å². The summed E-state index contributed by atoms with van der Waals surface area (Å²) in [6.07, 6.45) is -5.84. The van der Waals surface area contributed by atoms with Crippen LogP contribution in [0.2, 0.25) is 0 Å². The first-order valence-corrected chi connectivity index (χ1v) is 12.5. The number of ether oxygens (including phenoxy) is 1. The molecule has 15 heteroatoms. The highest BCUT2D eigenvalue weighted by Gasteiger charge is 2.36. The fourth-order valence-electron chi connectivity index (χ4n) is 4.34. The standard InChI is InChI=1S/C29H22F3N5O7/c1-14(38)36(2)16-6-7-17(21(10-16)29(30,31)32)18-11-20-24(12-23(18)37(3)28(42)43-4)44-35-25(20)26(39)34-22-8-5-15(13-33)9-19(22)27(40)41/h5-12H,1-4H3,(H,34,39)(H,40,41). The second-order valence-electron chi connectivity index (χ2n) is 9.36. The second-order valence-corrected chi connectivity index (χ2v) is 9.36. The largest absolute Gasteiger partial charge is 0.478 e. The fourth-order valence-corrected chi connectivity index (χ4v) is 4.34. The van der Waals surface area contributed by atoms with E-state index in [0.29, 0.717) is 0 Å². The number of carbonyl (C=O) groups excluding carboxylic acids is 3. The van der Waals surface area contributed by atoms with Gasteiger partial charge in [0.05, 0.1) is 46.6 Å². The number of anilines is 3. The molecular formula is C29H22F3N5O7. The summed E-state index contributed by atoms with van der Waals surface area (Å²) < 4.78 is 53.3. The molecule has 0 saturated heterocycles. The van der Waals surface area contributed by atoms with Crippen LogP contribution in [0.25, 0.3) is 22.1 Å². The maximum atomic E-state index is 14.4. The number of benzene rings is 3. The number of rotatable bonds is 6. The predicted molar refractivity (Wildman–Crippen MR) is 150 cm³/mol. The van der Waals surface area contributed by atoms with E-state index in [1.165, 1.54) is 51.4 Å². The fraction of sp³-hybridized carbons (Fsp3) is 0.172. The number of fused-ring (bicyclic) bond motifs is 1. The van der Waals surface area contributed by atoms with Crippen molar-refractivity contribution >= 4 is 51.9 Å². The van der Waals surface area contributed by atoms with E-state index in [-0.39, 0.29) is 39.2 Å². The third kappa shape index (κ3) is 5.86. The molecule has 0 saturated carbocycles. The Kier molecular flexibility index (Phi) is 8.30. The Morgan fingerprint density at radius 2 is 1.73 bits per heavy atom. The molecule has 0 aliphatic carbocycles. The number of aromatic nitrogens is 1. The van der Waals surface area contributed by atoms with Crippen LogP contribution in [0.1, 0.15) is 38.9 Å². The normalized spacial score (nSPS) is 11.0. The summed E-state index contributed by atoms with van der Waals surface area (Å²) in [7, 11) is 3.64. The first-order chi connectivity index (χ1) is 20.7. The van der Waals surface area contributed by atoms with Crippen molar-refractivity contribution in [3.05, 3.63) is 70.9 Å². The first kappa shape index (κ1) is 31.0. The van der Waals surface area contributed by atoms with Gasteiger partial charge in [0.15, 0.2) is 11.3 Å². The van der Waals surface area contributed by atoms with Crippen molar-refractivity contribution in [2.24, 2.45) is 0 Å². The minimum absolute atomic E-state index is 0.0279. The summed E-state index contributed by atoms with van der Waals surface area (Å²) in [6.45, 7) is 1.19. The highest BCUT2D eigenvalue weighted by atomic mass is 19.4. The molecule has 2 N–H and O–H groups in total. The Labute approximate surface area is 246 Å². The lowest BCUT2D eigenvalue weighted by Crippen LogP contribution is -2.26. The second kappa shape index (κ2) is 11.8. The van der Waals surface area contributed by atoms with Crippen molar-refractivity contribution in [3.63, 3.8) is 0 Å². The SMILES string of the molecule is COC(=O)N(C)c1cc2onc(C(=O)Nc3ccc(C#N)cc3C(=O)O)c2cc1-c1ccc(N(C)C(C)=O)cc1C(F)(F)F. The lowest BCUT2D eigenvalue weighted by atomic mass is 9.94. The number of nitrogens with one attached hydrogen (secondary N) is 1. The van der Waals surface area contributed by atoms with E-state index >= 15 is 0 Å². The molecule has 1 heterocycles. The quantitative estimate of drug-likeness (QED) is 0.286. The Hall–Kier alpha value is -5.91. The molecular weight excluding hydrogens is 587 g/mol. The van der Waals surface area contributed by atoms with E-state index in [4.69, 9.17) is 14.5 Å².